The first-order valence-electron chi connectivity index (χ1n) is 11.0. The summed E-state index contributed by atoms with van der Waals surface area (Å²) >= 11 is 0. The van der Waals surface area contributed by atoms with E-state index in [1.54, 1.807) is 34.8 Å². The van der Waals surface area contributed by atoms with Crippen molar-refractivity contribution in [1.29, 1.82) is 0 Å². The van der Waals surface area contributed by atoms with Crippen molar-refractivity contribution in [3.8, 4) is 0 Å². The molecule has 0 N–H and O–H groups in total. The van der Waals surface area contributed by atoms with Gasteiger partial charge in [-0.25, -0.2) is 0 Å². The van der Waals surface area contributed by atoms with Crippen molar-refractivity contribution >= 4 is 32.7 Å². The molecule has 1 aromatic carbocycles. The molecule has 1 aromatic heterocycles. The van der Waals surface area contributed by atoms with Gasteiger partial charge in [0.15, 0.2) is 0 Å². The van der Waals surface area contributed by atoms with E-state index >= 15 is 0 Å². The predicted molar refractivity (Wildman–Crippen MR) is 120 cm³/mol. The van der Waals surface area contributed by atoms with Gasteiger partial charge in [-0.1, -0.05) is 19.3 Å². The third kappa shape index (κ3) is 4.50. The molecule has 0 atom stereocenters. The summed E-state index contributed by atoms with van der Waals surface area (Å²) in [7, 11) is -1.86. The molecule has 0 unspecified atom stereocenters. The topological polar surface area (TPSA) is 109 Å². The Morgan fingerprint density at radius 1 is 1.12 bits per heavy atom. The minimum atomic E-state index is -3.53. The van der Waals surface area contributed by atoms with Gasteiger partial charge >= 0.3 is 0 Å². The maximum Gasteiger partial charge on any atom is 0.282 e. The molecule has 1 saturated carbocycles. The van der Waals surface area contributed by atoms with Crippen molar-refractivity contribution in [3.05, 3.63) is 40.6 Å². The number of carbonyl (C=O) groups is 1. The van der Waals surface area contributed by atoms with E-state index in [1.165, 1.54) is 27.2 Å². The zero-order valence-electron chi connectivity index (χ0n) is 18.2. The maximum absolute atomic E-state index is 13.0. The molecule has 2 aromatic rings. The number of nitro groups is 1. The molecule has 11 heteroatoms. The number of piperazine rings is 1. The van der Waals surface area contributed by atoms with Gasteiger partial charge in [0.1, 0.15) is 6.54 Å². The first kappa shape index (κ1) is 22.7. The molecule has 0 spiro atoms. The molecule has 2 heterocycles. The van der Waals surface area contributed by atoms with Gasteiger partial charge in [0.05, 0.1) is 4.92 Å². The van der Waals surface area contributed by atoms with Crippen molar-refractivity contribution in [2.45, 2.75) is 44.7 Å². The van der Waals surface area contributed by atoms with Crippen LogP contribution in [-0.2, 0) is 21.5 Å². The van der Waals surface area contributed by atoms with Crippen LogP contribution in [0.4, 0.5) is 5.69 Å². The highest BCUT2D eigenvalue weighted by Crippen LogP contribution is 2.25. The van der Waals surface area contributed by atoms with Gasteiger partial charge in [-0.15, -0.1) is 0 Å². The maximum atomic E-state index is 13.0. The minimum absolute atomic E-state index is 0.0112. The Kier molecular flexibility index (Phi) is 6.50. The molecule has 0 bridgehead atoms. The number of hydrogen-bond donors (Lipinski definition) is 0. The van der Waals surface area contributed by atoms with E-state index in [0.717, 1.165) is 31.2 Å². The van der Waals surface area contributed by atoms with Crippen molar-refractivity contribution < 1.29 is 18.1 Å². The molecular formula is C21H29N5O5S. The normalized spacial score (nSPS) is 19.0. The van der Waals surface area contributed by atoms with E-state index in [-0.39, 0.29) is 37.3 Å². The van der Waals surface area contributed by atoms with Crippen LogP contribution < -0.4 is 0 Å². The molecule has 1 aliphatic heterocycles. The molecule has 2 aliphatic rings. The van der Waals surface area contributed by atoms with Crippen LogP contribution in [0, 0.1) is 10.1 Å². The Morgan fingerprint density at radius 2 is 1.81 bits per heavy atom. The third-order valence-corrected chi connectivity index (χ3v) is 8.69. The molecule has 1 saturated heterocycles. The standard InChI is InChI=1S/C21H29N5O5S/c1-22(18-5-3-2-4-6-18)32(30,31)25-13-11-23(12-14-25)21(27)16-24-10-9-17-15-19(26(28)29)7-8-20(17)24/h7-10,15,18H,2-6,11-14,16H2,1H3. The van der Waals surface area contributed by atoms with Crippen LogP contribution in [0.15, 0.2) is 30.5 Å². The first-order valence-corrected chi connectivity index (χ1v) is 12.4. The number of nitro benzene ring substituents is 1. The summed E-state index contributed by atoms with van der Waals surface area (Å²) in [5.41, 5.74) is 0.761. The fourth-order valence-corrected chi connectivity index (χ4v) is 6.24. The molecule has 0 radical (unpaired) electrons. The van der Waals surface area contributed by atoms with Gasteiger partial charge < -0.3 is 9.47 Å². The Bertz CT molecular complexity index is 1100. The van der Waals surface area contributed by atoms with E-state index in [4.69, 9.17) is 0 Å². The molecule has 1 aliphatic carbocycles. The van der Waals surface area contributed by atoms with Gasteiger partial charge in [-0.05, 0) is 25.0 Å². The minimum Gasteiger partial charge on any atom is -0.339 e. The van der Waals surface area contributed by atoms with Crippen molar-refractivity contribution in [2.24, 2.45) is 0 Å². The lowest BCUT2D eigenvalue weighted by atomic mass is 9.96. The molecule has 1 amide bonds. The monoisotopic (exact) mass is 463 g/mol. The summed E-state index contributed by atoms with van der Waals surface area (Å²) in [5.74, 6) is -0.0986. The zero-order chi connectivity index (χ0) is 22.9. The van der Waals surface area contributed by atoms with Crippen LogP contribution in [0.1, 0.15) is 32.1 Å². The smallest absolute Gasteiger partial charge is 0.282 e. The van der Waals surface area contributed by atoms with E-state index in [2.05, 4.69) is 0 Å². The van der Waals surface area contributed by atoms with E-state index in [0.29, 0.717) is 18.5 Å². The number of nitrogens with zero attached hydrogens (tertiary/aromatic N) is 5. The average Bonchev–Trinajstić information content (AvgIpc) is 3.21. The second-order valence-corrected chi connectivity index (χ2v) is 10.5. The number of aromatic nitrogens is 1. The van der Waals surface area contributed by atoms with Crippen molar-refractivity contribution in [2.75, 3.05) is 33.2 Å². The summed E-state index contributed by atoms with van der Waals surface area (Å²) < 4.78 is 30.8. The van der Waals surface area contributed by atoms with Gasteiger partial charge in [0.25, 0.3) is 15.9 Å². The van der Waals surface area contributed by atoms with Crippen LogP contribution in [-0.4, -0.2) is 76.6 Å². The molecule has 10 nitrogen and oxygen atoms in total. The number of fused-ring (bicyclic) bond motifs is 1. The summed E-state index contributed by atoms with van der Waals surface area (Å²) in [6, 6.07) is 6.37. The first-order chi connectivity index (χ1) is 15.3. The van der Waals surface area contributed by atoms with E-state index < -0.39 is 15.1 Å². The SMILES string of the molecule is CN(C1CCCCC1)S(=O)(=O)N1CCN(C(=O)Cn2ccc3cc([N+](=O)[O-])ccc32)CC1. The number of carbonyl (C=O) groups excluding carboxylic acids is 1. The fraction of sp³-hybridized carbons (Fsp3) is 0.571. The Hall–Kier alpha value is -2.50. The van der Waals surface area contributed by atoms with E-state index in [9.17, 15) is 23.3 Å². The number of hydrogen-bond acceptors (Lipinski definition) is 5. The molecular weight excluding hydrogens is 434 g/mol. The lowest BCUT2D eigenvalue weighted by Crippen LogP contribution is -2.55. The number of non-ortho nitro benzene ring substituents is 1. The summed E-state index contributed by atoms with van der Waals surface area (Å²) in [6.07, 6.45) is 6.84. The lowest BCUT2D eigenvalue weighted by Gasteiger charge is -2.38. The highest BCUT2D eigenvalue weighted by Gasteiger charge is 2.35. The van der Waals surface area contributed by atoms with Gasteiger partial charge in [0, 0.05) is 68.5 Å². The van der Waals surface area contributed by atoms with Crippen molar-refractivity contribution in [1.82, 2.24) is 18.1 Å². The molecule has 32 heavy (non-hydrogen) atoms. The lowest BCUT2D eigenvalue weighted by molar-refractivity contribution is -0.384. The van der Waals surface area contributed by atoms with Crippen LogP contribution in [0.25, 0.3) is 10.9 Å². The van der Waals surface area contributed by atoms with Gasteiger partial charge in [-0.2, -0.15) is 17.0 Å². The molecule has 4 rings (SSSR count). The number of amides is 1. The quantitative estimate of drug-likeness (QED) is 0.482. The second kappa shape index (κ2) is 9.16. The highest BCUT2D eigenvalue weighted by molar-refractivity contribution is 7.86. The zero-order valence-corrected chi connectivity index (χ0v) is 19.0. The highest BCUT2D eigenvalue weighted by atomic mass is 32.2. The Labute approximate surface area is 187 Å². The van der Waals surface area contributed by atoms with Gasteiger partial charge in [-0.3, -0.25) is 14.9 Å². The van der Waals surface area contributed by atoms with Crippen LogP contribution >= 0.6 is 0 Å². The Morgan fingerprint density at radius 3 is 2.47 bits per heavy atom. The summed E-state index contributed by atoms with van der Waals surface area (Å²) in [6.45, 7) is 1.37. The largest absolute Gasteiger partial charge is 0.339 e. The van der Waals surface area contributed by atoms with E-state index in [1.807, 2.05) is 0 Å². The number of rotatable bonds is 6. The number of benzene rings is 1. The summed E-state index contributed by atoms with van der Waals surface area (Å²) in [4.78, 5) is 25.0. The van der Waals surface area contributed by atoms with Crippen LogP contribution in [0.2, 0.25) is 0 Å². The second-order valence-electron chi connectivity index (χ2n) is 8.54. The van der Waals surface area contributed by atoms with Crippen LogP contribution in [0.3, 0.4) is 0 Å². The Balaban J connectivity index is 1.36. The summed E-state index contributed by atoms with van der Waals surface area (Å²) in [5, 5.41) is 11.7. The van der Waals surface area contributed by atoms with Gasteiger partial charge in [0.2, 0.25) is 5.91 Å². The van der Waals surface area contributed by atoms with Crippen molar-refractivity contribution in [3.63, 3.8) is 0 Å². The molecule has 174 valence electrons. The van der Waals surface area contributed by atoms with Crippen LogP contribution in [0.5, 0.6) is 0 Å². The molecule has 2 fully saturated rings. The fourth-order valence-electron chi connectivity index (χ4n) is 4.67. The predicted octanol–water partition coefficient (Wildman–Crippen LogP) is 2.20. The average molecular weight is 464 g/mol. The third-order valence-electron chi connectivity index (χ3n) is 6.64.